The standard InChI is InChI=1S/C23H31N3O2S/c1-18-4-3-5-19(2)22(18)28-15-11-24-23(27)25-21-8-6-20(7-9-21)10-12-26-13-16-29-17-14-26/h3-9H,10-17H2,1-2H3,(H2,24,25,27). The number of nitrogens with one attached hydrogen (secondary N) is 2. The van der Waals surface area contributed by atoms with E-state index in [9.17, 15) is 4.79 Å². The second kappa shape index (κ2) is 11.1. The molecule has 1 saturated heterocycles. The molecule has 2 amide bonds. The third-order valence-corrected chi connectivity index (χ3v) is 6.02. The van der Waals surface area contributed by atoms with Crippen molar-refractivity contribution in [3.63, 3.8) is 0 Å². The Labute approximate surface area is 178 Å². The number of anilines is 1. The number of rotatable bonds is 8. The summed E-state index contributed by atoms with van der Waals surface area (Å²) in [6.45, 7) is 8.43. The average Bonchev–Trinajstić information content (AvgIpc) is 2.73. The first kappa shape index (κ1) is 21.5. The van der Waals surface area contributed by atoms with Gasteiger partial charge in [0.1, 0.15) is 12.4 Å². The fourth-order valence-electron chi connectivity index (χ4n) is 3.39. The van der Waals surface area contributed by atoms with Crippen LogP contribution < -0.4 is 15.4 Å². The first-order chi connectivity index (χ1) is 14.1. The van der Waals surface area contributed by atoms with Crippen molar-refractivity contribution < 1.29 is 9.53 Å². The van der Waals surface area contributed by atoms with E-state index in [1.54, 1.807) is 0 Å². The van der Waals surface area contributed by atoms with Crippen LogP contribution in [0, 0.1) is 13.8 Å². The second-order valence-corrected chi connectivity index (χ2v) is 8.58. The van der Waals surface area contributed by atoms with Crippen LogP contribution in [-0.2, 0) is 6.42 Å². The van der Waals surface area contributed by atoms with Gasteiger partial charge in [-0.1, -0.05) is 30.3 Å². The van der Waals surface area contributed by atoms with E-state index in [1.165, 1.54) is 30.2 Å². The lowest BCUT2D eigenvalue weighted by atomic mass is 10.1. The lowest BCUT2D eigenvalue weighted by molar-refractivity contribution is 0.247. The molecule has 1 fully saturated rings. The topological polar surface area (TPSA) is 53.6 Å². The fourth-order valence-corrected chi connectivity index (χ4v) is 4.37. The highest BCUT2D eigenvalue weighted by Gasteiger charge is 2.10. The van der Waals surface area contributed by atoms with Gasteiger partial charge in [0.25, 0.3) is 0 Å². The summed E-state index contributed by atoms with van der Waals surface area (Å²) >= 11 is 2.04. The van der Waals surface area contributed by atoms with Crippen molar-refractivity contribution >= 4 is 23.5 Å². The van der Waals surface area contributed by atoms with Crippen LogP contribution in [0.15, 0.2) is 42.5 Å². The minimum Gasteiger partial charge on any atom is -0.491 e. The van der Waals surface area contributed by atoms with Gasteiger partial charge in [0.2, 0.25) is 0 Å². The number of amides is 2. The fraction of sp³-hybridized carbons (Fsp3) is 0.435. The predicted octanol–water partition coefficient (Wildman–Crippen LogP) is 4.10. The molecule has 1 heterocycles. The molecule has 0 aliphatic carbocycles. The van der Waals surface area contributed by atoms with Crippen LogP contribution in [0.25, 0.3) is 0 Å². The van der Waals surface area contributed by atoms with Gasteiger partial charge in [0.15, 0.2) is 0 Å². The molecule has 1 aliphatic rings. The van der Waals surface area contributed by atoms with Gasteiger partial charge < -0.3 is 20.3 Å². The number of hydrogen-bond acceptors (Lipinski definition) is 4. The van der Waals surface area contributed by atoms with Crippen LogP contribution in [0.4, 0.5) is 10.5 Å². The number of carbonyl (C=O) groups excluding carboxylic acids is 1. The quantitative estimate of drug-likeness (QED) is 0.640. The minimum absolute atomic E-state index is 0.214. The average molecular weight is 414 g/mol. The highest BCUT2D eigenvalue weighted by atomic mass is 32.2. The van der Waals surface area contributed by atoms with Crippen LogP contribution in [0.5, 0.6) is 5.75 Å². The molecule has 0 aromatic heterocycles. The molecule has 2 aromatic carbocycles. The number of para-hydroxylation sites is 1. The monoisotopic (exact) mass is 413 g/mol. The molecule has 6 heteroatoms. The van der Waals surface area contributed by atoms with Gasteiger partial charge in [0.05, 0.1) is 6.54 Å². The Hall–Kier alpha value is -2.18. The number of carbonyl (C=O) groups is 1. The summed E-state index contributed by atoms with van der Waals surface area (Å²) in [6, 6.07) is 14.0. The summed E-state index contributed by atoms with van der Waals surface area (Å²) < 4.78 is 5.81. The summed E-state index contributed by atoms with van der Waals surface area (Å²) in [4.78, 5) is 14.6. The second-order valence-electron chi connectivity index (χ2n) is 7.35. The van der Waals surface area contributed by atoms with Crippen molar-refractivity contribution in [3.05, 3.63) is 59.2 Å². The summed E-state index contributed by atoms with van der Waals surface area (Å²) in [5.74, 6) is 3.38. The largest absolute Gasteiger partial charge is 0.491 e. The van der Waals surface area contributed by atoms with Gasteiger partial charge in [0, 0.05) is 36.8 Å². The van der Waals surface area contributed by atoms with Crippen LogP contribution in [0.3, 0.4) is 0 Å². The van der Waals surface area contributed by atoms with E-state index in [0.717, 1.165) is 35.5 Å². The predicted molar refractivity (Wildman–Crippen MR) is 122 cm³/mol. The van der Waals surface area contributed by atoms with Gasteiger partial charge >= 0.3 is 6.03 Å². The normalized spacial score (nSPS) is 14.4. The lowest BCUT2D eigenvalue weighted by Crippen LogP contribution is -2.34. The molecule has 0 radical (unpaired) electrons. The Bertz CT molecular complexity index is 769. The van der Waals surface area contributed by atoms with Crippen molar-refractivity contribution in [3.8, 4) is 5.75 Å². The zero-order valence-electron chi connectivity index (χ0n) is 17.4. The zero-order chi connectivity index (χ0) is 20.5. The van der Waals surface area contributed by atoms with Crippen LogP contribution in [-0.4, -0.2) is 55.2 Å². The number of thioether (sulfide) groups is 1. The molecule has 1 aliphatic heterocycles. The number of urea groups is 1. The molecule has 2 aromatic rings. The minimum atomic E-state index is -0.214. The molecule has 0 bridgehead atoms. The molecule has 0 spiro atoms. The van der Waals surface area contributed by atoms with Crippen LogP contribution in [0.1, 0.15) is 16.7 Å². The lowest BCUT2D eigenvalue weighted by Gasteiger charge is -2.26. The molecule has 0 saturated carbocycles. The molecule has 29 heavy (non-hydrogen) atoms. The third kappa shape index (κ3) is 6.98. The number of ether oxygens (including phenoxy) is 1. The summed E-state index contributed by atoms with van der Waals surface area (Å²) in [6.07, 6.45) is 1.05. The van der Waals surface area contributed by atoms with Crippen molar-refractivity contribution in [2.24, 2.45) is 0 Å². The van der Waals surface area contributed by atoms with Gasteiger partial charge in [-0.05, 0) is 49.1 Å². The van der Waals surface area contributed by atoms with E-state index in [2.05, 4.69) is 27.7 Å². The molecule has 156 valence electrons. The van der Waals surface area contributed by atoms with E-state index in [1.807, 2.05) is 55.9 Å². The SMILES string of the molecule is Cc1cccc(C)c1OCCNC(=O)Nc1ccc(CCN2CCSCC2)cc1. The Morgan fingerprint density at radius 3 is 2.45 bits per heavy atom. The highest BCUT2D eigenvalue weighted by Crippen LogP contribution is 2.21. The van der Waals surface area contributed by atoms with E-state index in [4.69, 9.17) is 4.74 Å². The Morgan fingerprint density at radius 2 is 1.76 bits per heavy atom. The summed E-state index contributed by atoms with van der Waals surface area (Å²) in [5, 5.41) is 5.72. The Morgan fingerprint density at radius 1 is 1.07 bits per heavy atom. The number of nitrogens with zero attached hydrogens (tertiary/aromatic N) is 1. The van der Waals surface area contributed by atoms with Gasteiger partial charge in [-0.25, -0.2) is 4.79 Å². The van der Waals surface area contributed by atoms with Crippen LogP contribution >= 0.6 is 11.8 Å². The van der Waals surface area contributed by atoms with E-state index >= 15 is 0 Å². The van der Waals surface area contributed by atoms with E-state index in [0.29, 0.717) is 13.2 Å². The van der Waals surface area contributed by atoms with Crippen molar-refractivity contribution in [2.75, 3.05) is 49.6 Å². The molecule has 0 unspecified atom stereocenters. The number of aryl methyl sites for hydroxylation is 2. The van der Waals surface area contributed by atoms with Gasteiger partial charge in [-0.2, -0.15) is 11.8 Å². The number of hydrogen-bond donors (Lipinski definition) is 2. The van der Waals surface area contributed by atoms with Crippen molar-refractivity contribution in [1.29, 1.82) is 0 Å². The Kier molecular flexibility index (Phi) is 8.25. The zero-order valence-corrected chi connectivity index (χ0v) is 18.2. The van der Waals surface area contributed by atoms with Crippen molar-refractivity contribution in [2.45, 2.75) is 20.3 Å². The van der Waals surface area contributed by atoms with E-state index in [-0.39, 0.29) is 6.03 Å². The smallest absolute Gasteiger partial charge is 0.319 e. The molecule has 5 nitrogen and oxygen atoms in total. The van der Waals surface area contributed by atoms with Gasteiger partial charge in [-0.15, -0.1) is 0 Å². The molecular weight excluding hydrogens is 382 g/mol. The van der Waals surface area contributed by atoms with Crippen LogP contribution in [0.2, 0.25) is 0 Å². The van der Waals surface area contributed by atoms with Gasteiger partial charge in [-0.3, -0.25) is 0 Å². The molecular formula is C23H31N3O2S. The van der Waals surface area contributed by atoms with E-state index < -0.39 is 0 Å². The Balaban J connectivity index is 1.35. The first-order valence-electron chi connectivity index (χ1n) is 10.2. The third-order valence-electron chi connectivity index (χ3n) is 5.07. The molecule has 0 atom stereocenters. The maximum Gasteiger partial charge on any atom is 0.319 e. The first-order valence-corrected chi connectivity index (χ1v) is 11.4. The van der Waals surface area contributed by atoms with Crippen molar-refractivity contribution in [1.82, 2.24) is 10.2 Å². The summed E-state index contributed by atoms with van der Waals surface area (Å²) in [5.41, 5.74) is 4.31. The highest BCUT2D eigenvalue weighted by molar-refractivity contribution is 7.99. The maximum absolute atomic E-state index is 12.1. The molecule has 2 N–H and O–H groups in total. The number of benzene rings is 2. The summed E-state index contributed by atoms with van der Waals surface area (Å²) in [7, 11) is 0. The maximum atomic E-state index is 12.1. The molecule has 3 rings (SSSR count).